The third-order valence-electron chi connectivity index (χ3n) is 1.26. The summed E-state index contributed by atoms with van der Waals surface area (Å²) in [5.74, 6) is -5.35. The molecule has 1 N–H and O–H groups in total. The van der Waals surface area contributed by atoms with Gasteiger partial charge in [-0.25, -0.2) is 0 Å². The highest BCUT2D eigenvalue weighted by atomic mass is 19.4. The van der Waals surface area contributed by atoms with Gasteiger partial charge >= 0.3 is 18.1 Å². The van der Waals surface area contributed by atoms with Crippen LogP contribution in [0.2, 0.25) is 0 Å². The molecule has 0 spiro atoms. The number of ether oxygens (including phenoxy) is 1. The Bertz CT molecular complexity index is 170. The molecule has 0 aromatic rings. The minimum absolute atomic E-state index is 0.0994. The SMILES string of the molecule is CCCOC(F)(C(O)(F)F)C(F)(F)F. The zero-order valence-corrected chi connectivity index (χ0v) is 7.04. The summed E-state index contributed by atoms with van der Waals surface area (Å²) < 4.78 is 75.2. The van der Waals surface area contributed by atoms with Gasteiger partial charge in [-0.15, -0.1) is 0 Å². The van der Waals surface area contributed by atoms with Crippen molar-refractivity contribution in [1.82, 2.24) is 0 Å². The Labute approximate surface area is 75.5 Å². The van der Waals surface area contributed by atoms with Crippen LogP contribution in [0.5, 0.6) is 0 Å². The van der Waals surface area contributed by atoms with E-state index in [0.29, 0.717) is 0 Å². The van der Waals surface area contributed by atoms with Crippen LogP contribution in [0.4, 0.5) is 26.3 Å². The normalized spacial score (nSPS) is 18.0. The first kappa shape index (κ1) is 13.5. The topological polar surface area (TPSA) is 29.5 Å². The largest absolute Gasteiger partial charge is 0.457 e. The lowest BCUT2D eigenvalue weighted by molar-refractivity contribution is -0.449. The van der Waals surface area contributed by atoms with Crippen molar-refractivity contribution in [2.45, 2.75) is 31.5 Å². The van der Waals surface area contributed by atoms with E-state index >= 15 is 0 Å². The van der Waals surface area contributed by atoms with Crippen molar-refractivity contribution in [1.29, 1.82) is 0 Å². The fourth-order valence-electron chi connectivity index (χ4n) is 0.582. The summed E-state index contributed by atoms with van der Waals surface area (Å²) in [6.07, 6.45) is -11.7. The first-order valence-corrected chi connectivity index (χ1v) is 3.56. The summed E-state index contributed by atoms with van der Waals surface area (Å²) in [4.78, 5) is 0. The van der Waals surface area contributed by atoms with Gasteiger partial charge in [-0.2, -0.15) is 26.3 Å². The van der Waals surface area contributed by atoms with Crippen LogP contribution in [-0.2, 0) is 4.74 Å². The average Bonchev–Trinajstić information content (AvgIpc) is 1.95. The summed E-state index contributed by atoms with van der Waals surface area (Å²) in [5.41, 5.74) is 0. The van der Waals surface area contributed by atoms with E-state index in [-0.39, 0.29) is 6.42 Å². The lowest BCUT2D eigenvalue weighted by atomic mass is 10.2. The molecule has 0 aliphatic carbocycles. The third kappa shape index (κ3) is 2.50. The Morgan fingerprint density at radius 2 is 1.50 bits per heavy atom. The second-order valence-electron chi connectivity index (χ2n) is 2.48. The highest BCUT2D eigenvalue weighted by Gasteiger charge is 2.73. The van der Waals surface area contributed by atoms with Gasteiger partial charge in [0.15, 0.2) is 0 Å². The molecule has 0 saturated heterocycles. The number of rotatable bonds is 4. The van der Waals surface area contributed by atoms with Gasteiger partial charge in [0.05, 0.1) is 6.61 Å². The molecule has 0 radical (unpaired) electrons. The van der Waals surface area contributed by atoms with Gasteiger partial charge in [0.25, 0.3) is 0 Å². The zero-order chi connectivity index (χ0) is 11.6. The second kappa shape index (κ2) is 3.93. The maximum Gasteiger partial charge on any atom is 0.457 e. The van der Waals surface area contributed by atoms with Gasteiger partial charge in [0.1, 0.15) is 0 Å². The molecule has 0 saturated carbocycles. The van der Waals surface area contributed by atoms with Crippen LogP contribution in [-0.4, -0.2) is 29.9 Å². The van der Waals surface area contributed by atoms with E-state index in [0.717, 1.165) is 0 Å². The predicted octanol–water partition coefficient (Wildman–Crippen LogP) is 2.23. The van der Waals surface area contributed by atoms with Crippen LogP contribution < -0.4 is 0 Å². The van der Waals surface area contributed by atoms with E-state index in [4.69, 9.17) is 5.11 Å². The third-order valence-corrected chi connectivity index (χ3v) is 1.26. The molecule has 0 aromatic heterocycles. The van der Waals surface area contributed by atoms with Crippen molar-refractivity contribution in [2.24, 2.45) is 0 Å². The van der Waals surface area contributed by atoms with Gasteiger partial charge in [-0.3, -0.25) is 0 Å². The molecule has 0 aromatic carbocycles. The van der Waals surface area contributed by atoms with Gasteiger partial charge in [-0.1, -0.05) is 6.92 Å². The standard InChI is InChI=1S/C6H8F6O2/c1-2-3-14-4(7,5(8,9)10)6(11,12)13/h13H,2-3H2,1H3. The Hall–Kier alpha value is -0.500. The van der Waals surface area contributed by atoms with Crippen LogP contribution in [0, 0.1) is 0 Å². The molecule has 0 rings (SSSR count). The summed E-state index contributed by atoms with van der Waals surface area (Å²) in [6.45, 7) is 0.415. The number of halogens is 6. The molecule has 0 heterocycles. The Kier molecular flexibility index (Phi) is 3.79. The van der Waals surface area contributed by atoms with E-state index in [2.05, 4.69) is 4.74 Å². The zero-order valence-electron chi connectivity index (χ0n) is 7.04. The minimum Gasteiger partial charge on any atom is -0.332 e. The first-order chi connectivity index (χ1) is 6.06. The van der Waals surface area contributed by atoms with Crippen LogP contribution in [0.3, 0.4) is 0 Å². The molecule has 0 aliphatic rings. The fraction of sp³-hybridized carbons (Fsp3) is 1.00. The van der Waals surface area contributed by atoms with Crippen molar-refractivity contribution >= 4 is 0 Å². The van der Waals surface area contributed by atoms with E-state index in [1.54, 1.807) is 0 Å². The van der Waals surface area contributed by atoms with Crippen molar-refractivity contribution in [3.05, 3.63) is 0 Å². The number of hydrogen-bond donors (Lipinski definition) is 1. The lowest BCUT2D eigenvalue weighted by Gasteiger charge is -2.30. The van der Waals surface area contributed by atoms with Crippen molar-refractivity contribution in [3.8, 4) is 0 Å². The van der Waals surface area contributed by atoms with E-state index in [1.807, 2.05) is 0 Å². The molecule has 0 fully saturated rings. The smallest absolute Gasteiger partial charge is 0.332 e. The summed E-state index contributed by atoms with van der Waals surface area (Å²) in [5, 5.41) is 7.75. The lowest BCUT2D eigenvalue weighted by Crippen LogP contribution is -2.57. The Morgan fingerprint density at radius 1 is 1.07 bits per heavy atom. The molecular weight excluding hydrogens is 218 g/mol. The number of aliphatic hydroxyl groups is 1. The molecule has 2 nitrogen and oxygen atoms in total. The van der Waals surface area contributed by atoms with Gasteiger partial charge in [0, 0.05) is 0 Å². The molecule has 1 unspecified atom stereocenters. The van der Waals surface area contributed by atoms with E-state index in [1.165, 1.54) is 6.92 Å². The minimum atomic E-state index is -6.00. The summed E-state index contributed by atoms with van der Waals surface area (Å²) in [6, 6.07) is 0. The van der Waals surface area contributed by atoms with Crippen molar-refractivity contribution < 1.29 is 36.2 Å². The van der Waals surface area contributed by atoms with Crippen LogP contribution in [0.1, 0.15) is 13.3 Å². The van der Waals surface area contributed by atoms with Gasteiger partial charge < -0.3 is 9.84 Å². The van der Waals surface area contributed by atoms with Crippen molar-refractivity contribution in [3.63, 3.8) is 0 Å². The average molecular weight is 226 g/mol. The quantitative estimate of drug-likeness (QED) is 0.745. The molecule has 86 valence electrons. The molecule has 14 heavy (non-hydrogen) atoms. The number of hydrogen-bond acceptors (Lipinski definition) is 2. The molecule has 0 bridgehead atoms. The Balaban J connectivity index is 4.87. The van der Waals surface area contributed by atoms with Crippen molar-refractivity contribution in [2.75, 3.05) is 6.61 Å². The predicted molar refractivity (Wildman–Crippen MR) is 33.3 cm³/mol. The molecule has 0 aliphatic heterocycles. The summed E-state index contributed by atoms with van der Waals surface area (Å²) >= 11 is 0. The van der Waals surface area contributed by atoms with Gasteiger partial charge in [0.2, 0.25) is 0 Å². The molecule has 8 heteroatoms. The molecular formula is C6H8F6O2. The highest BCUT2D eigenvalue weighted by Crippen LogP contribution is 2.44. The van der Waals surface area contributed by atoms with Crippen LogP contribution in [0.15, 0.2) is 0 Å². The first-order valence-electron chi connectivity index (χ1n) is 3.56. The van der Waals surface area contributed by atoms with Crippen LogP contribution in [0.25, 0.3) is 0 Å². The monoisotopic (exact) mass is 226 g/mol. The molecule has 1 atom stereocenters. The maximum absolute atomic E-state index is 12.6. The molecule has 0 amide bonds. The van der Waals surface area contributed by atoms with Gasteiger partial charge in [-0.05, 0) is 6.42 Å². The van der Waals surface area contributed by atoms with E-state index in [9.17, 15) is 26.3 Å². The fourth-order valence-corrected chi connectivity index (χ4v) is 0.582. The maximum atomic E-state index is 12.6. The number of alkyl halides is 6. The van der Waals surface area contributed by atoms with E-state index < -0.39 is 24.7 Å². The summed E-state index contributed by atoms with van der Waals surface area (Å²) in [7, 11) is 0. The Morgan fingerprint density at radius 3 is 1.71 bits per heavy atom. The van der Waals surface area contributed by atoms with Crippen LogP contribution >= 0.6 is 0 Å². The second-order valence-corrected chi connectivity index (χ2v) is 2.48. The highest BCUT2D eigenvalue weighted by molar-refractivity contribution is 4.85.